The molecule has 1 unspecified atom stereocenters. The predicted octanol–water partition coefficient (Wildman–Crippen LogP) is 1.54. The van der Waals surface area contributed by atoms with Crippen molar-refractivity contribution in [2.24, 2.45) is 11.7 Å². The summed E-state index contributed by atoms with van der Waals surface area (Å²) in [7, 11) is 0. The predicted molar refractivity (Wildman–Crippen MR) is 80.6 cm³/mol. The highest BCUT2D eigenvalue weighted by molar-refractivity contribution is 7.80. The van der Waals surface area contributed by atoms with Gasteiger partial charge in [0, 0.05) is 6.54 Å². The Morgan fingerprint density at radius 3 is 2.39 bits per heavy atom. The van der Waals surface area contributed by atoms with E-state index in [1.165, 1.54) is 0 Å². The number of nitrogens with zero attached hydrogens (tertiary/aromatic N) is 1. The van der Waals surface area contributed by atoms with Crippen molar-refractivity contribution >= 4 is 23.1 Å². The Labute approximate surface area is 116 Å². The summed E-state index contributed by atoms with van der Waals surface area (Å²) >= 11 is 4.93. The van der Waals surface area contributed by atoms with Crippen molar-refractivity contribution < 1.29 is 4.79 Å². The molecule has 106 valence electrons. The van der Waals surface area contributed by atoms with Gasteiger partial charge in [-0.25, -0.2) is 0 Å². The molecule has 0 aliphatic heterocycles. The molecule has 0 aliphatic rings. The molecule has 0 heterocycles. The summed E-state index contributed by atoms with van der Waals surface area (Å²) in [4.78, 5) is 14.5. The number of hydrogen-bond acceptors (Lipinski definition) is 3. The molecule has 0 aromatic rings. The van der Waals surface area contributed by atoms with Crippen LogP contribution >= 0.6 is 12.2 Å². The molecule has 0 fully saturated rings. The Morgan fingerprint density at radius 1 is 1.33 bits per heavy atom. The molecule has 5 heteroatoms. The zero-order chi connectivity index (χ0) is 14.0. The van der Waals surface area contributed by atoms with Crippen LogP contribution in [0.1, 0.15) is 40.0 Å². The standard InChI is InChI=1S/C13H27N3OS/c1-4-8-11(12(14)18)13(17)15-9-7-10-16(5-2)6-3/h11H,4-10H2,1-3H3,(H2,14,18)(H,15,17). The van der Waals surface area contributed by atoms with Crippen LogP contribution in [0.25, 0.3) is 0 Å². The maximum absolute atomic E-state index is 11.9. The van der Waals surface area contributed by atoms with Gasteiger partial charge in [-0.05, 0) is 32.5 Å². The Morgan fingerprint density at radius 2 is 1.94 bits per heavy atom. The number of thiocarbonyl (C=S) groups is 1. The third-order valence-corrected chi connectivity index (χ3v) is 3.37. The summed E-state index contributed by atoms with van der Waals surface area (Å²) in [6.07, 6.45) is 2.61. The lowest BCUT2D eigenvalue weighted by atomic mass is 10.0. The quantitative estimate of drug-likeness (QED) is 0.468. The second-order valence-electron chi connectivity index (χ2n) is 4.42. The second-order valence-corrected chi connectivity index (χ2v) is 4.89. The fourth-order valence-corrected chi connectivity index (χ4v) is 2.09. The van der Waals surface area contributed by atoms with E-state index in [-0.39, 0.29) is 11.8 Å². The third-order valence-electron chi connectivity index (χ3n) is 3.08. The summed E-state index contributed by atoms with van der Waals surface area (Å²) in [6.45, 7) is 10.1. The molecule has 0 rings (SSSR count). The second kappa shape index (κ2) is 10.3. The van der Waals surface area contributed by atoms with Crippen molar-refractivity contribution in [1.82, 2.24) is 10.2 Å². The van der Waals surface area contributed by atoms with Crippen LogP contribution in [-0.2, 0) is 4.79 Å². The van der Waals surface area contributed by atoms with Crippen molar-refractivity contribution in [3.8, 4) is 0 Å². The number of hydrogen-bond donors (Lipinski definition) is 2. The van der Waals surface area contributed by atoms with Crippen LogP contribution in [0, 0.1) is 5.92 Å². The topological polar surface area (TPSA) is 58.4 Å². The van der Waals surface area contributed by atoms with Crippen LogP contribution < -0.4 is 11.1 Å². The lowest BCUT2D eigenvalue weighted by Gasteiger charge is -2.18. The minimum Gasteiger partial charge on any atom is -0.393 e. The van der Waals surface area contributed by atoms with E-state index in [1.54, 1.807) is 0 Å². The molecule has 0 bridgehead atoms. The van der Waals surface area contributed by atoms with Gasteiger partial charge in [0.1, 0.15) is 0 Å². The average molecular weight is 273 g/mol. The van der Waals surface area contributed by atoms with Crippen LogP contribution in [0.15, 0.2) is 0 Å². The zero-order valence-electron chi connectivity index (χ0n) is 11.9. The third kappa shape index (κ3) is 6.91. The van der Waals surface area contributed by atoms with Gasteiger partial charge in [0.2, 0.25) is 5.91 Å². The number of amides is 1. The zero-order valence-corrected chi connectivity index (χ0v) is 12.7. The molecule has 0 aromatic heterocycles. The van der Waals surface area contributed by atoms with Gasteiger partial charge in [-0.15, -0.1) is 0 Å². The van der Waals surface area contributed by atoms with E-state index in [9.17, 15) is 4.79 Å². The fourth-order valence-electron chi connectivity index (χ4n) is 1.87. The number of rotatable bonds is 10. The van der Waals surface area contributed by atoms with Crippen LogP contribution in [0.4, 0.5) is 0 Å². The van der Waals surface area contributed by atoms with E-state index in [2.05, 4.69) is 24.1 Å². The number of nitrogens with two attached hydrogens (primary N) is 1. The minimum absolute atomic E-state index is 0.0242. The molecule has 3 N–H and O–H groups in total. The highest BCUT2D eigenvalue weighted by Crippen LogP contribution is 2.06. The van der Waals surface area contributed by atoms with Crippen molar-refractivity contribution in [2.45, 2.75) is 40.0 Å². The van der Waals surface area contributed by atoms with E-state index in [0.717, 1.165) is 38.9 Å². The number of carbonyl (C=O) groups excluding carboxylic acids is 1. The molecular formula is C13H27N3OS. The highest BCUT2D eigenvalue weighted by Gasteiger charge is 2.19. The first-order valence-electron chi connectivity index (χ1n) is 6.86. The maximum Gasteiger partial charge on any atom is 0.229 e. The van der Waals surface area contributed by atoms with Gasteiger partial charge in [-0.3, -0.25) is 4.79 Å². The molecule has 0 saturated heterocycles. The minimum atomic E-state index is -0.307. The largest absolute Gasteiger partial charge is 0.393 e. The van der Waals surface area contributed by atoms with E-state index in [0.29, 0.717) is 11.5 Å². The van der Waals surface area contributed by atoms with Crippen LogP contribution in [0.5, 0.6) is 0 Å². The summed E-state index contributed by atoms with van der Waals surface area (Å²) in [5, 5.41) is 2.92. The molecule has 0 spiro atoms. The summed E-state index contributed by atoms with van der Waals surface area (Å²) in [5.74, 6) is -0.331. The fraction of sp³-hybridized carbons (Fsp3) is 0.846. The van der Waals surface area contributed by atoms with E-state index in [1.807, 2.05) is 6.92 Å². The van der Waals surface area contributed by atoms with Gasteiger partial charge in [-0.1, -0.05) is 39.4 Å². The Balaban J connectivity index is 3.90. The smallest absolute Gasteiger partial charge is 0.229 e. The van der Waals surface area contributed by atoms with Gasteiger partial charge < -0.3 is 16.0 Å². The number of carbonyl (C=O) groups is 1. The molecule has 0 saturated carbocycles. The van der Waals surface area contributed by atoms with Crippen LogP contribution in [-0.4, -0.2) is 42.0 Å². The van der Waals surface area contributed by atoms with Gasteiger partial charge in [-0.2, -0.15) is 0 Å². The van der Waals surface area contributed by atoms with Crippen molar-refractivity contribution in [3.05, 3.63) is 0 Å². The average Bonchev–Trinajstić information content (AvgIpc) is 2.35. The molecule has 18 heavy (non-hydrogen) atoms. The Kier molecular flexibility index (Phi) is 9.87. The van der Waals surface area contributed by atoms with E-state index in [4.69, 9.17) is 18.0 Å². The highest BCUT2D eigenvalue weighted by atomic mass is 32.1. The van der Waals surface area contributed by atoms with Gasteiger partial charge in [0.05, 0.1) is 10.9 Å². The first kappa shape index (κ1) is 17.3. The van der Waals surface area contributed by atoms with Crippen LogP contribution in [0.3, 0.4) is 0 Å². The molecule has 4 nitrogen and oxygen atoms in total. The van der Waals surface area contributed by atoms with Gasteiger partial charge in [0.15, 0.2) is 0 Å². The monoisotopic (exact) mass is 273 g/mol. The van der Waals surface area contributed by atoms with Gasteiger partial charge in [0.25, 0.3) is 0 Å². The Hall–Kier alpha value is -0.680. The van der Waals surface area contributed by atoms with Crippen molar-refractivity contribution in [3.63, 3.8) is 0 Å². The van der Waals surface area contributed by atoms with Crippen LogP contribution in [0.2, 0.25) is 0 Å². The van der Waals surface area contributed by atoms with Gasteiger partial charge >= 0.3 is 0 Å². The van der Waals surface area contributed by atoms with E-state index >= 15 is 0 Å². The van der Waals surface area contributed by atoms with E-state index < -0.39 is 0 Å². The molecule has 1 atom stereocenters. The molecular weight excluding hydrogens is 246 g/mol. The number of nitrogens with one attached hydrogen (secondary N) is 1. The lowest BCUT2D eigenvalue weighted by Crippen LogP contribution is -2.39. The summed E-state index contributed by atoms with van der Waals surface area (Å²) < 4.78 is 0. The first-order valence-corrected chi connectivity index (χ1v) is 7.26. The lowest BCUT2D eigenvalue weighted by molar-refractivity contribution is -0.123. The maximum atomic E-state index is 11.9. The molecule has 0 aromatic carbocycles. The Bertz CT molecular complexity index is 255. The normalized spacial score (nSPS) is 12.4. The first-order chi connectivity index (χ1) is 8.56. The molecule has 1 amide bonds. The van der Waals surface area contributed by atoms with Crippen molar-refractivity contribution in [2.75, 3.05) is 26.2 Å². The summed E-state index contributed by atoms with van der Waals surface area (Å²) in [5.41, 5.74) is 5.58. The van der Waals surface area contributed by atoms with Crippen molar-refractivity contribution in [1.29, 1.82) is 0 Å². The molecule has 0 radical (unpaired) electrons. The summed E-state index contributed by atoms with van der Waals surface area (Å²) in [6, 6.07) is 0. The SMILES string of the molecule is CCCC(C(=O)NCCCN(CC)CC)C(N)=S. The molecule has 0 aliphatic carbocycles.